The highest BCUT2D eigenvalue weighted by Crippen LogP contribution is 2.29. The third-order valence-electron chi connectivity index (χ3n) is 4.72. The maximum atomic E-state index is 12.4. The van der Waals surface area contributed by atoms with E-state index in [1.54, 1.807) is 18.2 Å². The second-order valence-corrected chi connectivity index (χ2v) is 6.52. The van der Waals surface area contributed by atoms with Crippen LogP contribution in [-0.2, 0) is 28.9 Å². The van der Waals surface area contributed by atoms with E-state index in [-0.39, 0.29) is 12.3 Å². The largest absolute Gasteiger partial charge is 0.493 e. The van der Waals surface area contributed by atoms with Crippen LogP contribution in [0.25, 0.3) is 0 Å². The van der Waals surface area contributed by atoms with Crippen LogP contribution in [-0.4, -0.2) is 30.2 Å². The van der Waals surface area contributed by atoms with E-state index in [1.165, 1.54) is 0 Å². The third kappa shape index (κ3) is 3.22. The number of hydrogen-bond acceptors (Lipinski definition) is 4. The molecule has 0 fully saturated rings. The molecular formula is C20H19NO5. The van der Waals surface area contributed by atoms with Gasteiger partial charge in [0.25, 0.3) is 0 Å². The SMILES string of the molecule is O=C(Cc1ccc2c(c1)CCO2)NC(C(=O)O)c1ccc2c(c1)CCO2. The Balaban J connectivity index is 1.48. The van der Waals surface area contributed by atoms with Crippen molar-refractivity contribution in [2.24, 2.45) is 0 Å². The van der Waals surface area contributed by atoms with Gasteiger partial charge in [-0.1, -0.05) is 18.2 Å². The van der Waals surface area contributed by atoms with Crippen LogP contribution in [0, 0.1) is 0 Å². The van der Waals surface area contributed by atoms with Crippen LogP contribution >= 0.6 is 0 Å². The van der Waals surface area contributed by atoms with E-state index in [1.807, 2.05) is 18.2 Å². The van der Waals surface area contributed by atoms with Gasteiger partial charge in [-0.2, -0.15) is 0 Å². The smallest absolute Gasteiger partial charge is 0.330 e. The molecule has 4 rings (SSSR count). The number of amides is 1. The molecule has 1 unspecified atom stereocenters. The summed E-state index contributed by atoms with van der Waals surface area (Å²) in [6, 6.07) is 9.83. The van der Waals surface area contributed by atoms with Gasteiger partial charge in [0, 0.05) is 12.8 Å². The van der Waals surface area contributed by atoms with Gasteiger partial charge in [-0.05, 0) is 40.5 Å². The molecule has 0 radical (unpaired) electrons. The molecule has 0 aromatic heterocycles. The van der Waals surface area contributed by atoms with Gasteiger partial charge < -0.3 is 19.9 Å². The molecule has 0 saturated carbocycles. The topological polar surface area (TPSA) is 84.9 Å². The van der Waals surface area contributed by atoms with E-state index < -0.39 is 12.0 Å². The zero-order chi connectivity index (χ0) is 18.1. The van der Waals surface area contributed by atoms with Crippen LogP contribution in [0.3, 0.4) is 0 Å². The van der Waals surface area contributed by atoms with Crippen molar-refractivity contribution >= 4 is 11.9 Å². The summed E-state index contributed by atoms with van der Waals surface area (Å²) in [4.78, 5) is 24.1. The molecule has 134 valence electrons. The Kier molecular flexibility index (Phi) is 4.24. The quantitative estimate of drug-likeness (QED) is 0.859. The minimum absolute atomic E-state index is 0.130. The molecule has 26 heavy (non-hydrogen) atoms. The summed E-state index contributed by atoms with van der Waals surface area (Å²) in [5.74, 6) is 0.232. The van der Waals surface area contributed by atoms with E-state index in [9.17, 15) is 14.7 Å². The van der Waals surface area contributed by atoms with E-state index in [0.717, 1.165) is 41.0 Å². The predicted octanol–water partition coefficient (Wildman–Crippen LogP) is 2.04. The van der Waals surface area contributed by atoms with Crippen molar-refractivity contribution in [1.29, 1.82) is 0 Å². The van der Waals surface area contributed by atoms with Gasteiger partial charge >= 0.3 is 5.97 Å². The number of rotatable bonds is 5. The lowest BCUT2D eigenvalue weighted by Gasteiger charge is -2.16. The van der Waals surface area contributed by atoms with Gasteiger partial charge in [0.05, 0.1) is 19.6 Å². The number of ether oxygens (including phenoxy) is 2. The average Bonchev–Trinajstić information content (AvgIpc) is 3.27. The standard InChI is InChI=1S/C20H19NO5/c22-18(10-12-1-3-16-13(9-12)5-7-25-16)21-19(20(23)24)15-2-4-17-14(11-15)6-8-26-17/h1-4,9,11,19H,5-8,10H2,(H,21,22)(H,23,24). The predicted molar refractivity (Wildman–Crippen MR) is 93.5 cm³/mol. The highest BCUT2D eigenvalue weighted by atomic mass is 16.5. The highest BCUT2D eigenvalue weighted by Gasteiger charge is 2.24. The zero-order valence-electron chi connectivity index (χ0n) is 14.2. The first-order chi connectivity index (χ1) is 12.6. The molecule has 6 heteroatoms. The maximum absolute atomic E-state index is 12.4. The zero-order valence-corrected chi connectivity index (χ0v) is 14.2. The van der Waals surface area contributed by atoms with Gasteiger partial charge in [-0.15, -0.1) is 0 Å². The van der Waals surface area contributed by atoms with Crippen LogP contribution in [0.15, 0.2) is 36.4 Å². The van der Waals surface area contributed by atoms with Crippen LogP contribution < -0.4 is 14.8 Å². The Morgan fingerprint density at radius 1 is 1.00 bits per heavy atom. The van der Waals surface area contributed by atoms with Crippen molar-refractivity contribution in [3.63, 3.8) is 0 Å². The Bertz CT molecular complexity index is 877. The molecule has 0 aliphatic carbocycles. The van der Waals surface area contributed by atoms with Crippen molar-refractivity contribution in [3.8, 4) is 11.5 Å². The van der Waals surface area contributed by atoms with E-state index >= 15 is 0 Å². The van der Waals surface area contributed by atoms with Crippen molar-refractivity contribution in [3.05, 3.63) is 58.7 Å². The minimum atomic E-state index is -1.08. The Morgan fingerprint density at radius 2 is 1.65 bits per heavy atom. The molecule has 2 aliphatic rings. The summed E-state index contributed by atoms with van der Waals surface area (Å²) in [7, 11) is 0. The number of carbonyl (C=O) groups excluding carboxylic acids is 1. The normalized spacial score (nSPS) is 15.4. The summed E-state index contributed by atoms with van der Waals surface area (Å²) < 4.78 is 10.9. The molecule has 2 heterocycles. The van der Waals surface area contributed by atoms with Crippen LogP contribution in [0.4, 0.5) is 0 Å². The number of aliphatic carboxylic acids is 1. The first-order valence-electron chi connectivity index (χ1n) is 8.62. The molecule has 1 amide bonds. The molecule has 0 spiro atoms. The first kappa shape index (κ1) is 16.4. The first-order valence-corrected chi connectivity index (χ1v) is 8.62. The fourth-order valence-electron chi connectivity index (χ4n) is 3.42. The minimum Gasteiger partial charge on any atom is -0.493 e. The van der Waals surface area contributed by atoms with E-state index in [4.69, 9.17) is 9.47 Å². The van der Waals surface area contributed by atoms with Gasteiger partial charge in [0.15, 0.2) is 6.04 Å². The number of carboxylic acids is 1. The Labute approximate surface area is 150 Å². The summed E-state index contributed by atoms with van der Waals surface area (Å²) >= 11 is 0. The number of carbonyl (C=O) groups is 2. The molecule has 2 aromatic carbocycles. The molecular weight excluding hydrogens is 334 g/mol. The molecule has 6 nitrogen and oxygen atoms in total. The summed E-state index contributed by atoms with van der Waals surface area (Å²) in [5, 5.41) is 12.2. The molecule has 0 bridgehead atoms. The lowest BCUT2D eigenvalue weighted by Crippen LogP contribution is -2.34. The lowest BCUT2D eigenvalue weighted by atomic mass is 10.0. The van der Waals surface area contributed by atoms with Gasteiger partial charge in [-0.3, -0.25) is 4.79 Å². The molecule has 2 aromatic rings. The number of carboxylic acid groups (broad SMARTS) is 1. The second-order valence-electron chi connectivity index (χ2n) is 6.52. The molecule has 1 atom stereocenters. The van der Waals surface area contributed by atoms with Crippen LogP contribution in [0.5, 0.6) is 11.5 Å². The van der Waals surface area contributed by atoms with Crippen molar-refractivity contribution in [1.82, 2.24) is 5.32 Å². The monoisotopic (exact) mass is 353 g/mol. The Morgan fingerprint density at radius 3 is 2.35 bits per heavy atom. The number of fused-ring (bicyclic) bond motifs is 2. The van der Waals surface area contributed by atoms with Crippen molar-refractivity contribution in [2.45, 2.75) is 25.3 Å². The average molecular weight is 353 g/mol. The van der Waals surface area contributed by atoms with Crippen LogP contribution in [0.1, 0.15) is 28.3 Å². The van der Waals surface area contributed by atoms with Crippen molar-refractivity contribution in [2.75, 3.05) is 13.2 Å². The fraction of sp³-hybridized carbons (Fsp3) is 0.300. The Hall–Kier alpha value is -3.02. The van der Waals surface area contributed by atoms with Gasteiger partial charge in [0.1, 0.15) is 11.5 Å². The third-order valence-corrected chi connectivity index (χ3v) is 4.72. The van der Waals surface area contributed by atoms with Crippen molar-refractivity contribution < 1.29 is 24.2 Å². The van der Waals surface area contributed by atoms with Crippen LogP contribution in [0.2, 0.25) is 0 Å². The number of nitrogens with one attached hydrogen (secondary N) is 1. The van der Waals surface area contributed by atoms with Gasteiger partial charge in [0.2, 0.25) is 5.91 Å². The number of benzene rings is 2. The maximum Gasteiger partial charge on any atom is 0.330 e. The highest BCUT2D eigenvalue weighted by molar-refractivity contribution is 5.86. The fourth-order valence-corrected chi connectivity index (χ4v) is 3.42. The molecule has 2 aliphatic heterocycles. The lowest BCUT2D eigenvalue weighted by molar-refractivity contribution is -0.141. The summed E-state index contributed by atoms with van der Waals surface area (Å²) in [5.41, 5.74) is 3.46. The van der Waals surface area contributed by atoms with Gasteiger partial charge in [-0.25, -0.2) is 4.79 Å². The summed E-state index contributed by atoms with van der Waals surface area (Å²) in [6.45, 7) is 1.26. The molecule has 2 N–H and O–H groups in total. The second kappa shape index (κ2) is 6.71. The van der Waals surface area contributed by atoms with E-state index in [0.29, 0.717) is 18.8 Å². The number of hydrogen-bond donors (Lipinski definition) is 2. The summed E-state index contributed by atoms with van der Waals surface area (Å²) in [6.07, 6.45) is 1.71. The van der Waals surface area contributed by atoms with E-state index in [2.05, 4.69) is 5.32 Å². The molecule has 0 saturated heterocycles.